The van der Waals surface area contributed by atoms with Crippen molar-refractivity contribution in [1.29, 1.82) is 0 Å². The Morgan fingerprint density at radius 3 is 2.31 bits per heavy atom. The second-order valence-corrected chi connectivity index (χ2v) is 4.75. The third-order valence-corrected chi connectivity index (χ3v) is 3.71. The molecule has 0 spiro atoms. The van der Waals surface area contributed by atoms with Crippen molar-refractivity contribution in [1.82, 2.24) is 5.32 Å². The van der Waals surface area contributed by atoms with Crippen LogP contribution in [0.25, 0.3) is 0 Å². The maximum absolute atomic E-state index is 5.86. The second-order valence-electron chi connectivity index (χ2n) is 4.75. The molecule has 2 fully saturated rings. The first-order valence-corrected chi connectivity index (χ1v) is 5.85. The van der Waals surface area contributed by atoms with E-state index in [0.717, 1.165) is 18.5 Å². The minimum Gasteiger partial charge on any atom is -0.327 e. The monoisotopic (exact) mass is 182 g/mol. The molecule has 2 aliphatic rings. The van der Waals surface area contributed by atoms with Gasteiger partial charge in [-0.15, -0.1) is 0 Å². The van der Waals surface area contributed by atoms with E-state index in [4.69, 9.17) is 5.73 Å². The number of hydrogen-bond donors (Lipinski definition) is 2. The van der Waals surface area contributed by atoms with Crippen molar-refractivity contribution in [2.24, 2.45) is 11.7 Å². The highest BCUT2D eigenvalue weighted by Crippen LogP contribution is 2.29. The SMILES string of the molecule is NC1CCC(C2CCCCC2)NC1. The summed E-state index contributed by atoms with van der Waals surface area (Å²) in [5.74, 6) is 0.959. The van der Waals surface area contributed by atoms with Crippen LogP contribution >= 0.6 is 0 Å². The van der Waals surface area contributed by atoms with Crippen molar-refractivity contribution in [3.63, 3.8) is 0 Å². The summed E-state index contributed by atoms with van der Waals surface area (Å²) in [7, 11) is 0. The van der Waals surface area contributed by atoms with Crippen LogP contribution in [-0.2, 0) is 0 Å². The summed E-state index contributed by atoms with van der Waals surface area (Å²) in [5.41, 5.74) is 5.86. The molecular weight excluding hydrogens is 160 g/mol. The van der Waals surface area contributed by atoms with E-state index in [9.17, 15) is 0 Å². The fourth-order valence-corrected chi connectivity index (χ4v) is 2.84. The van der Waals surface area contributed by atoms with Crippen LogP contribution in [0.4, 0.5) is 0 Å². The molecule has 1 aliphatic heterocycles. The Balaban J connectivity index is 1.79. The van der Waals surface area contributed by atoms with Gasteiger partial charge in [0.2, 0.25) is 0 Å². The van der Waals surface area contributed by atoms with Gasteiger partial charge in [0.05, 0.1) is 0 Å². The lowest BCUT2D eigenvalue weighted by atomic mass is 9.80. The van der Waals surface area contributed by atoms with E-state index in [-0.39, 0.29) is 0 Å². The number of hydrogen-bond acceptors (Lipinski definition) is 2. The zero-order valence-corrected chi connectivity index (χ0v) is 8.47. The van der Waals surface area contributed by atoms with Crippen molar-refractivity contribution in [3.05, 3.63) is 0 Å². The molecular formula is C11H22N2. The first-order valence-electron chi connectivity index (χ1n) is 5.85. The lowest BCUT2D eigenvalue weighted by Gasteiger charge is -2.35. The Bertz CT molecular complexity index is 144. The van der Waals surface area contributed by atoms with Crippen LogP contribution < -0.4 is 11.1 Å². The van der Waals surface area contributed by atoms with Crippen molar-refractivity contribution in [3.8, 4) is 0 Å². The Kier molecular flexibility index (Phi) is 3.23. The van der Waals surface area contributed by atoms with Gasteiger partial charge in [0, 0.05) is 18.6 Å². The average molecular weight is 182 g/mol. The van der Waals surface area contributed by atoms with Crippen LogP contribution in [0.3, 0.4) is 0 Å². The van der Waals surface area contributed by atoms with E-state index in [1.165, 1.54) is 44.9 Å². The van der Waals surface area contributed by atoms with Gasteiger partial charge in [-0.05, 0) is 31.6 Å². The Hall–Kier alpha value is -0.0800. The third kappa shape index (κ3) is 2.44. The molecule has 0 aromatic rings. The van der Waals surface area contributed by atoms with Gasteiger partial charge >= 0.3 is 0 Å². The summed E-state index contributed by atoms with van der Waals surface area (Å²) in [6.45, 7) is 1.04. The van der Waals surface area contributed by atoms with Crippen molar-refractivity contribution >= 4 is 0 Å². The molecule has 3 N–H and O–H groups in total. The molecule has 1 saturated carbocycles. The summed E-state index contributed by atoms with van der Waals surface area (Å²) in [6.07, 6.45) is 9.81. The molecule has 0 radical (unpaired) electrons. The minimum absolute atomic E-state index is 0.417. The highest BCUT2D eigenvalue weighted by molar-refractivity contribution is 4.85. The highest BCUT2D eigenvalue weighted by Gasteiger charge is 2.26. The quantitative estimate of drug-likeness (QED) is 0.647. The molecule has 76 valence electrons. The fourth-order valence-electron chi connectivity index (χ4n) is 2.84. The standard InChI is InChI=1S/C11H22N2/c12-10-6-7-11(13-8-10)9-4-2-1-3-5-9/h9-11,13H,1-8,12H2. The molecule has 1 aliphatic carbocycles. The molecule has 2 unspecified atom stereocenters. The van der Waals surface area contributed by atoms with Crippen LogP contribution in [0, 0.1) is 5.92 Å². The molecule has 13 heavy (non-hydrogen) atoms. The van der Waals surface area contributed by atoms with Gasteiger partial charge in [0.1, 0.15) is 0 Å². The summed E-state index contributed by atoms with van der Waals surface area (Å²) in [4.78, 5) is 0. The van der Waals surface area contributed by atoms with E-state index in [1.807, 2.05) is 0 Å². The average Bonchev–Trinajstić information content (AvgIpc) is 2.20. The molecule has 1 heterocycles. The Morgan fingerprint density at radius 2 is 1.69 bits per heavy atom. The Labute approximate surface area is 81.3 Å². The Morgan fingerprint density at radius 1 is 0.923 bits per heavy atom. The van der Waals surface area contributed by atoms with Crippen molar-refractivity contribution < 1.29 is 0 Å². The first kappa shape index (κ1) is 9.47. The largest absolute Gasteiger partial charge is 0.327 e. The fraction of sp³-hybridized carbons (Fsp3) is 1.00. The maximum Gasteiger partial charge on any atom is 0.0165 e. The molecule has 1 saturated heterocycles. The predicted molar refractivity (Wildman–Crippen MR) is 55.6 cm³/mol. The molecule has 0 aromatic heterocycles. The number of rotatable bonds is 1. The number of nitrogens with one attached hydrogen (secondary N) is 1. The van der Waals surface area contributed by atoms with Gasteiger partial charge in [-0.2, -0.15) is 0 Å². The lowest BCUT2D eigenvalue weighted by Crippen LogP contribution is -2.48. The van der Waals surface area contributed by atoms with Gasteiger partial charge in [-0.3, -0.25) is 0 Å². The van der Waals surface area contributed by atoms with E-state index in [0.29, 0.717) is 6.04 Å². The van der Waals surface area contributed by atoms with Crippen LogP contribution in [-0.4, -0.2) is 18.6 Å². The summed E-state index contributed by atoms with van der Waals surface area (Å²) >= 11 is 0. The topological polar surface area (TPSA) is 38.0 Å². The molecule has 0 bridgehead atoms. The van der Waals surface area contributed by atoms with E-state index >= 15 is 0 Å². The third-order valence-electron chi connectivity index (χ3n) is 3.71. The zero-order valence-electron chi connectivity index (χ0n) is 8.47. The molecule has 2 heteroatoms. The van der Waals surface area contributed by atoms with Gasteiger partial charge in [0.25, 0.3) is 0 Å². The van der Waals surface area contributed by atoms with E-state index < -0.39 is 0 Å². The molecule has 0 aromatic carbocycles. The van der Waals surface area contributed by atoms with Crippen LogP contribution in [0.5, 0.6) is 0 Å². The lowest BCUT2D eigenvalue weighted by molar-refractivity contribution is 0.225. The van der Waals surface area contributed by atoms with Gasteiger partial charge in [-0.25, -0.2) is 0 Å². The van der Waals surface area contributed by atoms with Crippen LogP contribution in [0.15, 0.2) is 0 Å². The van der Waals surface area contributed by atoms with Gasteiger partial charge in [-0.1, -0.05) is 19.3 Å². The smallest absolute Gasteiger partial charge is 0.0165 e. The van der Waals surface area contributed by atoms with E-state index in [2.05, 4.69) is 5.32 Å². The number of nitrogens with two attached hydrogens (primary N) is 1. The normalized spacial score (nSPS) is 37.6. The minimum atomic E-state index is 0.417. The summed E-state index contributed by atoms with van der Waals surface area (Å²) in [6, 6.07) is 1.21. The molecule has 2 atom stereocenters. The van der Waals surface area contributed by atoms with Crippen LogP contribution in [0.2, 0.25) is 0 Å². The molecule has 0 amide bonds. The predicted octanol–water partition coefficient (Wildman–Crippen LogP) is 1.65. The summed E-state index contributed by atoms with van der Waals surface area (Å²) in [5, 5.41) is 3.61. The zero-order chi connectivity index (χ0) is 9.10. The highest BCUT2D eigenvalue weighted by atomic mass is 15.0. The van der Waals surface area contributed by atoms with Gasteiger partial charge in [0.15, 0.2) is 0 Å². The second kappa shape index (κ2) is 4.43. The maximum atomic E-state index is 5.86. The molecule has 2 nitrogen and oxygen atoms in total. The van der Waals surface area contributed by atoms with Crippen molar-refractivity contribution in [2.45, 2.75) is 57.0 Å². The summed E-state index contributed by atoms with van der Waals surface area (Å²) < 4.78 is 0. The van der Waals surface area contributed by atoms with Crippen LogP contribution in [0.1, 0.15) is 44.9 Å². The first-order chi connectivity index (χ1) is 6.36. The van der Waals surface area contributed by atoms with Gasteiger partial charge < -0.3 is 11.1 Å². The molecule has 2 rings (SSSR count). The van der Waals surface area contributed by atoms with E-state index in [1.54, 1.807) is 0 Å². The van der Waals surface area contributed by atoms with Crippen molar-refractivity contribution in [2.75, 3.05) is 6.54 Å². The number of piperidine rings is 1.